The highest BCUT2D eigenvalue weighted by Gasteiger charge is 2.10. The third kappa shape index (κ3) is 4.16. The number of aryl methyl sites for hydroxylation is 1. The molecule has 0 aliphatic carbocycles. The standard InChI is InChI=1S/C15H14ClN3O2S/c1-9-18-11(8-22-9)4-6-14(20)19-10-3-5-13(16)12(7-10)15(21)17-2/h3-8H,1-2H3,(H,17,21)(H,19,20)/b6-4-. The van der Waals surface area contributed by atoms with Gasteiger partial charge in [0.05, 0.1) is 21.3 Å². The van der Waals surface area contributed by atoms with E-state index < -0.39 is 0 Å². The van der Waals surface area contributed by atoms with Gasteiger partial charge >= 0.3 is 0 Å². The maximum Gasteiger partial charge on any atom is 0.252 e. The lowest BCUT2D eigenvalue weighted by Gasteiger charge is -2.07. The normalized spacial score (nSPS) is 10.7. The number of rotatable bonds is 4. The van der Waals surface area contributed by atoms with Crippen LogP contribution in [-0.4, -0.2) is 23.8 Å². The molecule has 0 atom stereocenters. The van der Waals surface area contributed by atoms with Crippen molar-refractivity contribution in [3.05, 3.63) is 50.9 Å². The fourth-order valence-electron chi connectivity index (χ4n) is 1.71. The van der Waals surface area contributed by atoms with Gasteiger partial charge < -0.3 is 10.6 Å². The molecule has 2 aromatic rings. The lowest BCUT2D eigenvalue weighted by molar-refractivity contribution is -0.111. The first-order chi connectivity index (χ1) is 10.5. The van der Waals surface area contributed by atoms with E-state index in [4.69, 9.17) is 11.6 Å². The molecule has 0 saturated carbocycles. The van der Waals surface area contributed by atoms with Crippen molar-refractivity contribution >= 4 is 46.5 Å². The summed E-state index contributed by atoms with van der Waals surface area (Å²) in [5.74, 6) is -0.620. The average molecular weight is 336 g/mol. The van der Waals surface area contributed by atoms with E-state index in [1.807, 2.05) is 12.3 Å². The third-order valence-corrected chi connectivity index (χ3v) is 3.87. The van der Waals surface area contributed by atoms with Crippen molar-refractivity contribution < 1.29 is 9.59 Å². The Morgan fingerprint density at radius 3 is 2.77 bits per heavy atom. The van der Waals surface area contributed by atoms with E-state index in [0.717, 1.165) is 10.7 Å². The van der Waals surface area contributed by atoms with Crippen LogP contribution in [0, 0.1) is 6.92 Å². The summed E-state index contributed by atoms with van der Waals surface area (Å²) in [7, 11) is 1.52. The summed E-state index contributed by atoms with van der Waals surface area (Å²) in [5.41, 5.74) is 1.54. The van der Waals surface area contributed by atoms with Gasteiger partial charge in [-0.05, 0) is 31.2 Å². The van der Waals surface area contributed by atoms with Crippen molar-refractivity contribution in [2.45, 2.75) is 6.92 Å². The number of hydrogen-bond acceptors (Lipinski definition) is 4. The van der Waals surface area contributed by atoms with Crippen molar-refractivity contribution in [3.63, 3.8) is 0 Å². The van der Waals surface area contributed by atoms with Crippen molar-refractivity contribution in [1.82, 2.24) is 10.3 Å². The summed E-state index contributed by atoms with van der Waals surface area (Å²) >= 11 is 7.47. The predicted molar refractivity (Wildman–Crippen MR) is 89.4 cm³/mol. The van der Waals surface area contributed by atoms with Gasteiger partial charge in [0.2, 0.25) is 5.91 Å². The minimum atomic E-state index is -0.311. The molecule has 1 heterocycles. The van der Waals surface area contributed by atoms with Gasteiger partial charge in [-0.25, -0.2) is 4.98 Å². The molecule has 0 unspecified atom stereocenters. The van der Waals surface area contributed by atoms with Crippen LogP contribution < -0.4 is 10.6 Å². The molecule has 0 aliphatic heterocycles. The number of amides is 2. The second-order valence-corrected chi connectivity index (χ2v) is 5.86. The molecule has 0 bridgehead atoms. The molecule has 2 amide bonds. The summed E-state index contributed by atoms with van der Waals surface area (Å²) < 4.78 is 0. The molecule has 7 heteroatoms. The van der Waals surface area contributed by atoms with Crippen LogP contribution in [-0.2, 0) is 4.79 Å². The minimum absolute atomic E-state index is 0.307. The maximum absolute atomic E-state index is 11.9. The van der Waals surface area contributed by atoms with Crippen molar-refractivity contribution in [2.75, 3.05) is 12.4 Å². The summed E-state index contributed by atoms with van der Waals surface area (Å²) in [6.07, 6.45) is 3.02. The number of hydrogen-bond donors (Lipinski definition) is 2. The number of anilines is 1. The topological polar surface area (TPSA) is 71.1 Å². The Balaban J connectivity index is 2.08. The molecule has 0 radical (unpaired) electrons. The third-order valence-electron chi connectivity index (χ3n) is 2.75. The predicted octanol–water partition coefficient (Wildman–Crippen LogP) is 3.12. The molecular weight excluding hydrogens is 322 g/mol. The summed E-state index contributed by atoms with van der Waals surface area (Å²) in [6, 6.07) is 4.72. The van der Waals surface area contributed by atoms with Crippen LogP contribution in [0.2, 0.25) is 5.02 Å². The second-order valence-electron chi connectivity index (χ2n) is 4.39. The van der Waals surface area contributed by atoms with Crippen LogP contribution >= 0.6 is 22.9 Å². The number of carbonyl (C=O) groups is 2. The van der Waals surface area contributed by atoms with Crippen LogP contribution in [0.5, 0.6) is 0 Å². The highest BCUT2D eigenvalue weighted by molar-refractivity contribution is 7.09. The number of nitrogens with one attached hydrogen (secondary N) is 2. The summed E-state index contributed by atoms with van der Waals surface area (Å²) in [5, 5.41) is 8.30. The SMILES string of the molecule is CNC(=O)c1cc(NC(=O)/C=C\c2csc(C)n2)ccc1Cl. The zero-order valence-corrected chi connectivity index (χ0v) is 13.6. The van der Waals surface area contributed by atoms with E-state index in [1.54, 1.807) is 18.2 Å². The van der Waals surface area contributed by atoms with Gasteiger partial charge in [0.1, 0.15) is 0 Å². The van der Waals surface area contributed by atoms with Crippen LogP contribution in [0.1, 0.15) is 21.1 Å². The van der Waals surface area contributed by atoms with Crippen molar-refractivity contribution in [1.29, 1.82) is 0 Å². The Labute approximate surface area is 137 Å². The molecule has 1 aromatic heterocycles. The number of benzene rings is 1. The Morgan fingerprint density at radius 1 is 1.36 bits per heavy atom. The largest absolute Gasteiger partial charge is 0.355 e. The number of nitrogens with zero attached hydrogens (tertiary/aromatic N) is 1. The lowest BCUT2D eigenvalue weighted by atomic mass is 10.2. The van der Waals surface area contributed by atoms with Crippen molar-refractivity contribution in [2.24, 2.45) is 0 Å². The summed E-state index contributed by atoms with van der Waals surface area (Å²) in [4.78, 5) is 27.8. The van der Waals surface area contributed by atoms with E-state index in [-0.39, 0.29) is 11.8 Å². The number of halogens is 1. The van der Waals surface area contributed by atoms with Crippen molar-refractivity contribution in [3.8, 4) is 0 Å². The minimum Gasteiger partial charge on any atom is -0.355 e. The molecule has 2 N–H and O–H groups in total. The monoisotopic (exact) mass is 335 g/mol. The lowest BCUT2D eigenvalue weighted by Crippen LogP contribution is -2.18. The Morgan fingerprint density at radius 2 is 2.14 bits per heavy atom. The van der Waals surface area contributed by atoms with E-state index >= 15 is 0 Å². The van der Waals surface area contributed by atoms with E-state index in [2.05, 4.69) is 15.6 Å². The van der Waals surface area contributed by atoms with Crippen LogP contribution in [0.4, 0.5) is 5.69 Å². The first-order valence-corrected chi connectivity index (χ1v) is 7.68. The van der Waals surface area contributed by atoms with Gasteiger partial charge in [-0.3, -0.25) is 9.59 Å². The smallest absolute Gasteiger partial charge is 0.252 e. The van der Waals surface area contributed by atoms with Crippen LogP contribution in [0.25, 0.3) is 6.08 Å². The van der Waals surface area contributed by atoms with E-state index in [1.165, 1.54) is 30.5 Å². The van der Waals surface area contributed by atoms with Crippen LogP contribution in [0.15, 0.2) is 29.7 Å². The number of thiazole rings is 1. The molecule has 0 saturated heterocycles. The zero-order chi connectivity index (χ0) is 16.1. The van der Waals surface area contributed by atoms with Gasteiger partial charge in [-0.15, -0.1) is 11.3 Å². The van der Waals surface area contributed by atoms with E-state index in [9.17, 15) is 9.59 Å². The van der Waals surface area contributed by atoms with Gasteiger partial charge in [0, 0.05) is 24.2 Å². The first kappa shape index (κ1) is 16.2. The quantitative estimate of drug-likeness (QED) is 0.843. The first-order valence-electron chi connectivity index (χ1n) is 6.42. The van der Waals surface area contributed by atoms with Gasteiger partial charge in [-0.2, -0.15) is 0 Å². The maximum atomic E-state index is 11.9. The van der Waals surface area contributed by atoms with Gasteiger partial charge in [0.15, 0.2) is 0 Å². The Bertz CT molecular complexity index is 740. The summed E-state index contributed by atoms with van der Waals surface area (Å²) in [6.45, 7) is 1.90. The fraction of sp³-hybridized carbons (Fsp3) is 0.133. The molecule has 0 spiro atoms. The van der Waals surface area contributed by atoms with Gasteiger partial charge in [0.25, 0.3) is 5.91 Å². The fourth-order valence-corrected chi connectivity index (χ4v) is 2.50. The Hall–Kier alpha value is -2.18. The molecule has 22 heavy (non-hydrogen) atoms. The molecule has 5 nitrogen and oxygen atoms in total. The number of carbonyl (C=O) groups excluding carboxylic acids is 2. The Kier molecular flexibility index (Phi) is 5.30. The molecule has 0 fully saturated rings. The second kappa shape index (κ2) is 7.20. The molecule has 2 rings (SSSR count). The zero-order valence-electron chi connectivity index (χ0n) is 12.0. The molecule has 0 aliphatic rings. The van der Waals surface area contributed by atoms with Gasteiger partial charge in [-0.1, -0.05) is 11.6 Å². The molecular formula is C15H14ClN3O2S. The highest BCUT2D eigenvalue weighted by atomic mass is 35.5. The van der Waals surface area contributed by atoms with E-state index in [0.29, 0.717) is 16.3 Å². The molecule has 114 valence electrons. The highest BCUT2D eigenvalue weighted by Crippen LogP contribution is 2.20. The van der Waals surface area contributed by atoms with Crippen LogP contribution in [0.3, 0.4) is 0 Å². The number of aromatic nitrogens is 1. The molecule has 1 aromatic carbocycles. The average Bonchev–Trinajstić information content (AvgIpc) is 2.92.